The van der Waals surface area contributed by atoms with Crippen molar-refractivity contribution in [3.8, 4) is 0 Å². The number of hydrogen-bond acceptors (Lipinski definition) is 4. The number of nitrogens with zero attached hydrogens (tertiary/aromatic N) is 2. The average Bonchev–Trinajstić information content (AvgIpc) is 2.80. The lowest BCUT2D eigenvalue weighted by molar-refractivity contribution is 0.0226. The highest BCUT2D eigenvalue weighted by Gasteiger charge is 2.35. The third kappa shape index (κ3) is 4.29. The summed E-state index contributed by atoms with van der Waals surface area (Å²) in [4.78, 5) is 13.5. The standard InChI is InChI=1S/C13H25N3O3/c1-13(2,3)19-12(17)16(4)10(11(14)15-18)9-7-5-6-8-9/h9-10,18H,5-8H2,1-4H3,(H2,14,15)/t10-/m0/s1. The maximum Gasteiger partial charge on any atom is 0.410 e. The van der Waals surface area contributed by atoms with E-state index in [1.807, 2.05) is 20.8 Å². The van der Waals surface area contributed by atoms with Gasteiger partial charge in [-0.3, -0.25) is 0 Å². The van der Waals surface area contributed by atoms with Crippen LogP contribution in [-0.4, -0.2) is 40.7 Å². The number of likely N-dealkylation sites (N-methyl/N-ethyl adjacent to an activating group) is 1. The molecule has 19 heavy (non-hydrogen) atoms. The van der Waals surface area contributed by atoms with Gasteiger partial charge in [-0.1, -0.05) is 18.0 Å². The number of carbonyl (C=O) groups is 1. The molecule has 0 radical (unpaired) electrons. The van der Waals surface area contributed by atoms with Crippen LogP contribution in [0.15, 0.2) is 5.16 Å². The Labute approximate surface area is 114 Å². The summed E-state index contributed by atoms with van der Waals surface area (Å²) in [5.41, 5.74) is 5.19. The van der Waals surface area contributed by atoms with Crippen molar-refractivity contribution in [1.29, 1.82) is 0 Å². The molecule has 1 saturated carbocycles. The highest BCUT2D eigenvalue weighted by Crippen LogP contribution is 2.30. The minimum atomic E-state index is -0.559. The zero-order valence-corrected chi connectivity index (χ0v) is 12.2. The maximum absolute atomic E-state index is 12.1. The summed E-state index contributed by atoms with van der Waals surface area (Å²) in [6.45, 7) is 5.44. The third-order valence-electron chi connectivity index (χ3n) is 3.36. The van der Waals surface area contributed by atoms with Gasteiger partial charge < -0.3 is 20.6 Å². The SMILES string of the molecule is CN(C(=O)OC(C)(C)C)[C@H](C(N)=NO)C1CCCC1. The van der Waals surface area contributed by atoms with Crippen LogP contribution in [0.2, 0.25) is 0 Å². The topological polar surface area (TPSA) is 88.2 Å². The minimum Gasteiger partial charge on any atom is -0.444 e. The molecule has 0 aromatic heterocycles. The van der Waals surface area contributed by atoms with Crippen LogP contribution in [0.5, 0.6) is 0 Å². The molecule has 1 aliphatic rings. The van der Waals surface area contributed by atoms with Gasteiger partial charge in [-0.2, -0.15) is 0 Å². The van der Waals surface area contributed by atoms with E-state index >= 15 is 0 Å². The number of nitrogens with two attached hydrogens (primary N) is 1. The van der Waals surface area contributed by atoms with Gasteiger partial charge in [-0.05, 0) is 39.5 Å². The smallest absolute Gasteiger partial charge is 0.410 e. The molecule has 110 valence electrons. The lowest BCUT2D eigenvalue weighted by Gasteiger charge is -2.33. The van der Waals surface area contributed by atoms with Crippen molar-refractivity contribution in [2.75, 3.05) is 7.05 Å². The van der Waals surface area contributed by atoms with Crippen LogP contribution in [0.1, 0.15) is 46.5 Å². The van der Waals surface area contributed by atoms with E-state index in [1.54, 1.807) is 7.05 Å². The summed E-state index contributed by atoms with van der Waals surface area (Å²) < 4.78 is 5.33. The molecule has 0 unspecified atom stereocenters. The molecule has 0 spiro atoms. The largest absolute Gasteiger partial charge is 0.444 e. The Bertz CT molecular complexity index is 344. The second-order valence-corrected chi connectivity index (χ2v) is 6.11. The molecule has 0 saturated heterocycles. The first-order valence-electron chi connectivity index (χ1n) is 6.69. The first-order chi connectivity index (χ1) is 8.76. The lowest BCUT2D eigenvalue weighted by Crippen LogP contribution is -2.50. The summed E-state index contributed by atoms with van der Waals surface area (Å²) in [5.74, 6) is 0.300. The van der Waals surface area contributed by atoms with Gasteiger partial charge in [0.05, 0.1) is 6.04 Å². The zero-order chi connectivity index (χ0) is 14.6. The van der Waals surface area contributed by atoms with E-state index in [-0.39, 0.29) is 11.8 Å². The van der Waals surface area contributed by atoms with Crippen molar-refractivity contribution in [3.63, 3.8) is 0 Å². The molecular formula is C13H25N3O3. The average molecular weight is 271 g/mol. The maximum atomic E-state index is 12.1. The Kier molecular flexibility index (Phi) is 5.03. The van der Waals surface area contributed by atoms with Gasteiger partial charge in [0.1, 0.15) is 5.60 Å². The number of oxime groups is 1. The fraction of sp³-hybridized carbons (Fsp3) is 0.846. The number of amides is 1. The first-order valence-corrected chi connectivity index (χ1v) is 6.69. The fourth-order valence-electron chi connectivity index (χ4n) is 2.54. The molecule has 3 N–H and O–H groups in total. The van der Waals surface area contributed by atoms with Crippen molar-refractivity contribution in [3.05, 3.63) is 0 Å². The van der Waals surface area contributed by atoms with E-state index in [9.17, 15) is 4.79 Å². The number of carbonyl (C=O) groups excluding carboxylic acids is 1. The lowest BCUT2D eigenvalue weighted by atomic mass is 9.96. The Morgan fingerprint density at radius 1 is 1.42 bits per heavy atom. The van der Waals surface area contributed by atoms with E-state index in [0.29, 0.717) is 0 Å². The molecule has 0 bridgehead atoms. The van der Waals surface area contributed by atoms with Crippen LogP contribution in [0.4, 0.5) is 4.79 Å². The predicted octanol–water partition coefficient (Wildman–Crippen LogP) is 2.16. The van der Waals surface area contributed by atoms with Crippen molar-refractivity contribution in [2.45, 2.75) is 58.1 Å². The predicted molar refractivity (Wildman–Crippen MR) is 73.2 cm³/mol. The Morgan fingerprint density at radius 3 is 2.37 bits per heavy atom. The van der Waals surface area contributed by atoms with Gasteiger partial charge >= 0.3 is 6.09 Å². The number of rotatable bonds is 3. The molecule has 1 aliphatic carbocycles. The van der Waals surface area contributed by atoms with Crippen LogP contribution in [0.25, 0.3) is 0 Å². The Morgan fingerprint density at radius 2 is 1.95 bits per heavy atom. The molecular weight excluding hydrogens is 246 g/mol. The van der Waals surface area contributed by atoms with Gasteiger partial charge in [0.2, 0.25) is 0 Å². The molecule has 6 heteroatoms. The molecule has 0 aromatic rings. The number of ether oxygens (including phenoxy) is 1. The van der Waals surface area contributed by atoms with Gasteiger partial charge in [0.15, 0.2) is 5.84 Å². The Balaban J connectivity index is 2.82. The number of hydrogen-bond donors (Lipinski definition) is 2. The summed E-state index contributed by atoms with van der Waals surface area (Å²) >= 11 is 0. The van der Waals surface area contributed by atoms with Gasteiger partial charge in [-0.15, -0.1) is 0 Å². The van der Waals surface area contributed by atoms with E-state index in [2.05, 4.69) is 5.16 Å². The summed E-state index contributed by atoms with van der Waals surface area (Å²) in [6, 6.07) is -0.401. The first kappa shape index (κ1) is 15.6. The van der Waals surface area contributed by atoms with E-state index in [1.165, 1.54) is 4.90 Å². The van der Waals surface area contributed by atoms with Crippen molar-refractivity contribution in [1.82, 2.24) is 4.90 Å². The Hall–Kier alpha value is -1.46. The molecule has 1 amide bonds. The number of amidine groups is 1. The van der Waals surface area contributed by atoms with Crippen molar-refractivity contribution in [2.24, 2.45) is 16.8 Å². The van der Waals surface area contributed by atoms with Crippen LogP contribution >= 0.6 is 0 Å². The molecule has 0 heterocycles. The van der Waals surface area contributed by atoms with Gasteiger partial charge in [-0.25, -0.2) is 4.79 Å². The monoisotopic (exact) mass is 271 g/mol. The molecule has 1 atom stereocenters. The summed E-state index contributed by atoms with van der Waals surface area (Å²) in [6.07, 6.45) is 3.74. The van der Waals surface area contributed by atoms with Gasteiger partial charge in [0.25, 0.3) is 0 Å². The van der Waals surface area contributed by atoms with Crippen molar-refractivity contribution < 1.29 is 14.7 Å². The van der Waals surface area contributed by atoms with Crippen molar-refractivity contribution >= 4 is 11.9 Å². The summed E-state index contributed by atoms with van der Waals surface area (Å²) in [7, 11) is 1.63. The molecule has 1 rings (SSSR count). The van der Waals surface area contributed by atoms with E-state index in [4.69, 9.17) is 15.7 Å². The fourth-order valence-corrected chi connectivity index (χ4v) is 2.54. The van der Waals surface area contributed by atoms with E-state index < -0.39 is 17.7 Å². The third-order valence-corrected chi connectivity index (χ3v) is 3.36. The van der Waals surface area contributed by atoms with E-state index in [0.717, 1.165) is 25.7 Å². The normalized spacial score (nSPS) is 19.3. The second-order valence-electron chi connectivity index (χ2n) is 6.11. The highest BCUT2D eigenvalue weighted by atomic mass is 16.6. The molecule has 0 aliphatic heterocycles. The highest BCUT2D eigenvalue weighted by molar-refractivity contribution is 5.88. The van der Waals surface area contributed by atoms with Crippen LogP contribution in [-0.2, 0) is 4.74 Å². The van der Waals surface area contributed by atoms with Crippen LogP contribution in [0.3, 0.4) is 0 Å². The second kappa shape index (κ2) is 6.12. The van der Waals surface area contributed by atoms with Crippen LogP contribution < -0.4 is 5.73 Å². The van der Waals surface area contributed by atoms with Gasteiger partial charge in [0, 0.05) is 7.05 Å². The summed E-state index contributed by atoms with van der Waals surface area (Å²) in [5, 5.41) is 12.0. The zero-order valence-electron chi connectivity index (χ0n) is 12.2. The quantitative estimate of drug-likeness (QED) is 0.356. The molecule has 0 aromatic carbocycles. The molecule has 6 nitrogen and oxygen atoms in total. The van der Waals surface area contributed by atoms with Crippen LogP contribution in [0, 0.1) is 5.92 Å². The molecule has 1 fully saturated rings. The minimum absolute atomic E-state index is 0.0697.